The van der Waals surface area contributed by atoms with Gasteiger partial charge in [0.1, 0.15) is 10.7 Å². The predicted molar refractivity (Wildman–Crippen MR) is 91.3 cm³/mol. The minimum Gasteiger partial charge on any atom is -0.324 e. The molecule has 5 nitrogen and oxygen atoms in total. The molecule has 128 valence electrons. The first-order valence-corrected chi connectivity index (χ1v) is 8.87. The molecule has 0 saturated carbocycles. The van der Waals surface area contributed by atoms with Crippen LogP contribution in [0.3, 0.4) is 0 Å². The smallest absolute Gasteiger partial charge is 0.244 e. The number of carbonyl (C=O) groups excluding carboxylic acids is 1. The Kier molecular flexibility index (Phi) is 5.82. The number of anilines is 1. The normalized spacial score (nSPS) is 11.5. The third kappa shape index (κ3) is 4.24. The van der Waals surface area contributed by atoms with E-state index >= 15 is 0 Å². The highest BCUT2D eigenvalue weighted by molar-refractivity contribution is 7.89. The van der Waals surface area contributed by atoms with E-state index in [1.807, 2.05) is 0 Å². The van der Waals surface area contributed by atoms with Crippen molar-refractivity contribution < 1.29 is 17.6 Å². The van der Waals surface area contributed by atoms with Gasteiger partial charge in [-0.3, -0.25) is 4.79 Å². The summed E-state index contributed by atoms with van der Waals surface area (Å²) in [5, 5.41) is 2.59. The van der Waals surface area contributed by atoms with Crippen LogP contribution in [0.1, 0.15) is 0 Å². The fourth-order valence-corrected chi connectivity index (χ4v) is 3.70. The van der Waals surface area contributed by atoms with Crippen LogP contribution in [0, 0.1) is 5.82 Å². The van der Waals surface area contributed by atoms with Gasteiger partial charge in [-0.1, -0.05) is 35.3 Å². The highest BCUT2D eigenvalue weighted by atomic mass is 35.5. The first kappa shape index (κ1) is 18.7. The van der Waals surface area contributed by atoms with Gasteiger partial charge in [-0.2, -0.15) is 4.31 Å². The number of likely N-dealkylation sites (N-methyl/N-ethyl adjacent to an activating group) is 1. The molecule has 0 aromatic heterocycles. The minimum absolute atomic E-state index is 0.256. The zero-order valence-electron chi connectivity index (χ0n) is 12.5. The molecule has 1 N–H and O–H groups in total. The Bertz CT molecular complexity index is 875. The Balaban J connectivity index is 2.14. The van der Waals surface area contributed by atoms with Crippen LogP contribution in [0.15, 0.2) is 47.4 Å². The molecule has 9 heteroatoms. The number of halogens is 3. The van der Waals surface area contributed by atoms with Gasteiger partial charge >= 0.3 is 0 Å². The van der Waals surface area contributed by atoms with Gasteiger partial charge in [0.15, 0.2) is 0 Å². The third-order valence-corrected chi connectivity index (χ3v) is 5.71. The molecule has 0 saturated heterocycles. The summed E-state index contributed by atoms with van der Waals surface area (Å²) in [7, 11) is -2.82. The van der Waals surface area contributed by atoms with Crippen molar-refractivity contribution in [3.05, 3.63) is 58.3 Å². The molecule has 2 aromatic carbocycles. The maximum Gasteiger partial charge on any atom is 0.244 e. The lowest BCUT2D eigenvalue weighted by Gasteiger charge is -2.18. The molecule has 0 unspecified atom stereocenters. The summed E-state index contributed by atoms with van der Waals surface area (Å²) in [4.78, 5) is 11.7. The molecule has 0 aliphatic carbocycles. The first-order valence-electron chi connectivity index (χ1n) is 6.67. The van der Waals surface area contributed by atoms with Crippen LogP contribution >= 0.6 is 23.2 Å². The van der Waals surface area contributed by atoms with Crippen LogP contribution < -0.4 is 5.32 Å². The van der Waals surface area contributed by atoms with E-state index in [2.05, 4.69) is 5.32 Å². The van der Waals surface area contributed by atoms with Gasteiger partial charge in [0.25, 0.3) is 0 Å². The van der Waals surface area contributed by atoms with E-state index in [0.29, 0.717) is 10.7 Å². The zero-order chi connectivity index (χ0) is 17.9. The number of para-hydroxylation sites is 1. The Labute approximate surface area is 149 Å². The molecule has 2 aromatic rings. The quantitative estimate of drug-likeness (QED) is 0.850. The maximum absolute atomic E-state index is 13.1. The summed E-state index contributed by atoms with van der Waals surface area (Å²) < 4.78 is 38.7. The highest BCUT2D eigenvalue weighted by Gasteiger charge is 2.25. The van der Waals surface area contributed by atoms with Crippen LogP contribution in [0.2, 0.25) is 10.0 Å². The first-order chi connectivity index (χ1) is 11.2. The van der Waals surface area contributed by atoms with E-state index in [-0.39, 0.29) is 9.92 Å². The summed E-state index contributed by atoms with van der Waals surface area (Å²) in [6, 6.07) is 9.49. The number of benzene rings is 2. The Hall–Kier alpha value is -1.67. The molecule has 0 atom stereocenters. The molecule has 1 amide bonds. The second-order valence-electron chi connectivity index (χ2n) is 4.86. The van der Waals surface area contributed by atoms with Gasteiger partial charge in [-0.15, -0.1) is 0 Å². The van der Waals surface area contributed by atoms with Crippen LogP contribution in [0.25, 0.3) is 0 Å². The number of nitrogens with one attached hydrogen (secondary N) is 1. The summed E-state index contributed by atoms with van der Waals surface area (Å²) >= 11 is 11.7. The molecule has 0 spiro atoms. The van der Waals surface area contributed by atoms with Gasteiger partial charge in [-0.25, -0.2) is 12.8 Å². The van der Waals surface area contributed by atoms with Crippen molar-refractivity contribution in [1.82, 2.24) is 4.31 Å². The minimum atomic E-state index is -4.04. The fourth-order valence-electron chi connectivity index (χ4n) is 1.89. The van der Waals surface area contributed by atoms with E-state index in [9.17, 15) is 17.6 Å². The van der Waals surface area contributed by atoms with Crippen LogP contribution in [0.5, 0.6) is 0 Å². The number of nitrogens with zero attached hydrogens (tertiary/aromatic N) is 1. The van der Waals surface area contributed by atoms with E-state index in [1.54, 1.807) is 24.3 Å². The van der Waals surface area contributed by atoms with Crippen LogP contribution in [-0.2, 0) is 14.8 Å². The predicted octanol–water partition coefficient (Wildman–Crippen LogP) is 3.39. The molecule has 0 aliphatic rings. The van der Waals surface area contributed by atoms with Crippen molar-refractivity contribution in [3.63, 3.8) is 0 Å². The lowest BCUT2D eigenvalue weighted by molar-refractivity contribution is -0.116. The fraction of sp³-hybridized carbons (Fsp3) is 0.133. The van der Waals surface area contributed by atoms with Crippen molar-refractivity contribution in [1.29, 1.82) is 0 Å². The van der Waals surface area contributed by atoms with Crippen molar-refractivity contribution in [2.45, 2.75) is 4.90 Å². The molecule has 0 fully saturated rings. The van der Waals surface area contributed by atoms with Gasteiger partial charge in [0.05, 0.1) is 22.3 Å². The van der Waals surface area contributed by atoms with Gasteiger partial charge in [-0.05, 0) is 30.3 Å². The van der Waals surface area contributed by atoms with E-state index in [0.717, 1.165) is 22.5 Å². The largest absolute Gasteiger partial charge is 0.324 e. The van der Waals surface area contributed by atoms with Gasteiger partial charge < -0.3 is 5.32 Å². The third-order valence-electron chi connectivity index (χ3n) is 3.10. The standard InChI is InChI=1S/C15H13Cl2FN2O3S/c1-20(9-15(21)19-13-5-3-2-4-11(13)16)24(22,23)14-7-6-10(18)8-12(14)17/h2-8H,9H2,1H3,(H,19,21). The number of hydrogen-bond acceptors (Lipinski definition) is 3. The number of amides is 1. The average Bonchev–Trinajstić information content (AvgIpc) is 2.49. The SMILES string of the molecule is CN(CC(=O)Nc1ccccc1Cl)S(=O)(=O)c1ccc(F)cc1Cl. The topological polar surface area (TPSA) is 66.5 Å². The lowest BCUT2D eigenvalue weighted by atomic mass is 10.3. The second kappa shape index (κ2) is 7.48. The van der Waals surface area contributed by atoms with Gasteiger partial charge in [0.2, 0.25) is 15.9 Å². The number of rotatable bonds is 5. The van der Waals surface area contributed by atoms with Crippen molar-refractivity contribution in [2.75, 3.05) is 18.9 Å². The molecule has 0 heterocycles. The van der Waals surface area contributed by atoms with Crippen LogP contribution in [-0.4, -0.2) is 32.2 Å². The molecule has 24 heavy (non-hydrogen) atoms. The van der Waals surface area contributed by atoms with Crippen LogP contribution in [0.4, 0.5) is 10.1 Å². The zero-order valence-corrected chi connectivity index (χ0v) is 14.8. The van der Waals surface area contributed by atoms with E-state index in [4.69, 9.17) is 23.2 Å². The summed E-state index contributed by atoms with van der Waals surface area (Å²) in [6.07, 6.45) is 0. The maximum atomic E-state index is 13.1. The Morgan fingerprint density at radius 3 is 2.46 bits per heavy atom. The number of sulfonamides is 1. The van der Waals surface area contributed by atoms with E-state index in [1.165, 1.54) is 7.05 Å². The van der Waals surface area contributed by atoms with Crippen molar-refractivity contribution in [2.24, 2.45) is 0 Å². The molecule has 2 rings (SSSR count). The Morgan fingerprint density at radius 2 is 1.83 bits per heavy atom. The molecular weight excluding hydrogens is 378 g/mol. The van der Waals surface area contributed by atoms with Crippen molar-refractivity contribution in [3.8, 4) is 0 Å². The summed E-state index contributed by atoms with van der Waals surface area (Å²) in [6.45, 7) is -0.457. The Morgan fingerprint density at radius 1 is 1.17 bits per heavy atom. The molecule has 0 bridgehead atoms. The molecule has 0 aliphatic heterocycles. The highest BCUT2D eigenvalue weighted by Crippen LogP contribution is 2.25. The van der Waals surface area contributed by atoms with E-state index < -0.39 is 28.3 Å². The molecule has 0 radical (unpaired) electrons. The summed E-state index contributed by atoms with van der Waals surface area (Å²) in [5.41, 5.74) is 0.370. The van der Waals surface area contributed by atoms with Gasteiger partial charge in [0, 0.05) is 7.05 Å². The lowest BCUT2D eigenvalue weighted by Crippen LogP contribution is -2.35. The summed E-state index contributed by atoms with van der Waals surface area (Å²) in [5.74, 6) is -1.23. The second-order valence-corrected chi connectivity index (χ2v) is 7.69. The monoisotopic (exact) mass is 390 g/mol. The number of hydrogen-bond donors (Lipinski definition) is 1. The number of carbonyl (C=O) groups is 1. The average molecular weight is 391 g/mol. The molecular formula is C15H13Cl2FN2O3S. The van der Waals surface area contributed by atoms with Crippen molar-refractivity contribution >= 4 is 44.8 Å².